The SMILES string of the molecule is Cc1cccc(C)c1S(=O)(=O)Oc1cc(C(=O)O)cc(C(=O)O)c1. The van der Waals surface area contributed by atoms with Gasteiger partial charge in [-0.2, -0.15) is 8.42 Å². The molecule has 0 aliphatic heterocycles. The third-order valence-electron chi connectivity index (χ3n) is 3.27. The third-order valence-corrected chi connectivity index (χ3v) is 4.82. The van der Waals surface area contributed by atoms with Crippen LogP contribution in [0.2, 0.25) is 0 Å². The molecule has 0 fully saturated rings. The van der Waals surface area contributed by atoms with E-state index in [-0.39, 0.29) is 21.8 Å². The highest BCUT2D eigenvalue weighted by Crippen LogP contribution is 2.26. The number of rotatable bonds is 5. The van der Waals surface area contributed by atoms with E-state index >= 15 is 0 Å². The van der Waals surface area contributed by atoms with Crippen molar-refractivity contribution in [3.8, 4) is 5.75 Å². The maximum atomic E-state index is 12.5. The lowest BCUT2D eigenvalue weighted by atomic mass is 10.1. The average molecular weight is 350 g/mol. The number of benzene rings is 2. The maximum absolute atomic E-state index is 12.5. The normalized spacial score (nSPS) is 11.1. The van der Waals surface area contributed by atoms with Gasteiger partial charge in [0.25, 0.3) is 0 Å². The molecule has 0 bridgehead atoms. The minimum absolute atomic E-state index is 0.0393. The van der Waals surface area contributed by atoms with Crippen molar-refractivity contribution in [3.63, 3.8) is 0 Å². The lowest BCUT2D eigenvalue weighted by Gasteiger charge is -2.12. The molecule has 8 heteroatoms. The number of aryl methyl sites for hydroxylation is 2. The summed E-state index contributed by atoms with van der Waals surface area (Å²) in [6.45, 7) is 3.19. The standard InChI is InChI=1S/C16H14O7S/c1-9-4-3-5-10(2)14(9)24(21,22)23-13-7-11(15(17)18)6-12(8-13)16(19)20/h3-8H,1-2H3,(H,17,18)(H,19,20). The van der Waals surface area contributed by atoms with Crippen LogP contribution >= 0.6 is 0 Å². The van der Waals surface area contributed by atoms with Gasteiger partial charge in [-0.25, -0.2) is 9.59 Å². The molecule has 2 N–H and O–H groups in total. The summed E-state index contributed by atoms with van der Waals surface area (Å²) in [5, 5.41) is 18.0. The van der Waals surface area contributed by atoms with E-state index in [1.807, 2.05) is 0 Å². The van der Waals surface area contributed by atoms with Crippen LogP contribution in [-0.2, 0) is 10.1 Å². The number of aromatic carboxylic acids is 2. The highest BCUT2D eigenvalue weighted by atomic mass is 32.2. The molecular weight excluding hydrogens is 336 g/mol. The summed E-state index contributed by atoms with van der Waals surface area (Å²) in [5.41, 5.74) is 0.147. The van der Waals surface area contributed by atoms with Gasteiger partial charge in [0.15, 0.2) is 0 Å². The second-order valence-electron chi connectivity index (χ2n) is 5.11. The summed E-state index contributed by atoms with van der Waals surface area (Å²) in [4.78, 5) is 22.1. The van der Waals surface area contributed by atoms with Gasteiger partial charge in [0.2, 0.25) is 0 Å². The summed E-state index contributed by atoms with van der Waals surface area (Å²) in [6, 6.07) is 7.72. The Labute approximate surface area is 138 Å². The summed E-state index contributed by atoms with van der Waals surface area (Å²) in [5.74, 6) is -3.17. The molecule has 24 heavy (non-hydrogen) atoms. The molecular formula is C16H14O7S. The number of carbonyl (C=O) groups is 2. The van der Waals surface area contributed by atoms with Crippen LogP contribution in [0.1, 0.15) is 31.8 Å². The molecule has 126 valence electrons. The lowest BCUT2D eigenvalue weighted by Crippen LogP contribution is -2.14. The number of hydrogen-bond donors (Lipinski definition) is 2. The van der Waals surface area contributed by atoms with Gasteiger partial charge in [0.05, 0.1) is 11.1 Å². The zero-order valence-corrected chi connectivity index (χ0v) is 13.6. The van der Waals surface area contributed by atoms with Crippen molar-refractivity contribution in [3.05, 3.63) is 58.7 Å². The van der Waals surface area contributed by atoms with Crippen molar-refractivity contribution >= 4 is 22.1 Å². The molecule has 0 saturated carbocycles. The Morgan fingerprint density at radius 1 is 0.917 bits per heavy atom. The molecule has 0 aromatic heterocycles. The molecule has 2 aromatic rings. The quantitative estimate of drug-likeness (QED) is 0.795. The van der Waals surface area contributed by atoms with Crippen molar-refractivity contribution in [2.75, 3.05) is 0 Å². The molecule has 0 atom stereocenters. The molecule has 0 heterocycles. The zero-order chi connectivity index (χ0) is 18.1. The second-order valence-corrected chi connectivity index (χ2v) is 6.60. The van der Waals surface area contributed by atoms with E-state index < -0.39 is 22.1 Å². The molecule has 7 nitrogen and oxygen atoms in total. The summed E-state index contributed by atoms with van der Waals surface area (Å²) in [6.07, 6.45) is 0. The zero-order valence-electron chi connectivity index (χ0n) is 12.8. The molecule has 2 aromatic carbocycles. The maximum Gasteiger partial charge on any atom is 0.339 e. The van der Waals surface area contributed by atoms with Gasteiger partial charge >= 0.3 is 22.1 Å². The molecule has 0 amide bonds. The molecule has 2 rings (SSSR count). The van der Waals surface area contributed by atoms with E-state index in [1.165, 1.54) is 0 Å². The van der Waals surface area contributed by atoms with Crippen LogP contribution in [0.15, 0.2) is 41.3 Å². The summed E-state index contributed by atoms with van der Waals surface area (Å²) >= 11 is 0. The second kappa shape index (κ2) is 6.32. The van der Waals surface area contributed by atoms with E-state index in [1.54, 1.807) is 32.0 Å². The van der Waals surface area contributed by atoms with Crippen LogP contribution in [-0.4, -0.2) is 30.6 Å². The Hall–Kier alpha value is -2.87. The smallest absolute Gasteiger partial charge is 0.339 e. The Balaban J connectivity index is 2.54. The van der Waals surface area contributed by atoms with Gasteiger partial charge in [-0.1, -0.05) is 18.2 Å². The van der Waals surface area contributed by atoms with Crippen molar-refractivity contribution in [1.29, 1.82) is 0 Å². The first-order valence-electron chi connectivity index (χ1n) is 6.74. The van der Waals surface area contributed by atoms with E-state index in [0.29, 0.717) is 11.1 Å². The van der Waals surface area contributed by atoms with Crippen LogP contribution in [0.25, 0.3) is 0 Å². The van der Waals surface area contributed by atoms with E-state index in [2.05, 4.69) is 0 Å². The lowest BCUT2D eigenvalue weighted by molar-refractivity contribution is 0.0696. The highest BCUT2D eigenvalue weighted by molar-refractivity contribution is 7.87. The van der Waals surface area contributed by atoms with Gasteiger partial charge in [0, 0.05) is 0 Å². The van der Waals surface area contributed by atoms with Gasteiger partial charge in [-0.3, -0.25) is 0 Å². The summed E-state index contributed by atoms with van der Waals surface area (Å²) < 4.78 is 30.0. The molecule has 0 saturated heterocycles. The monoisotopic (exact) mass is 350 g/mol. The van der Waals surface area contributed by atoms with Gasteiger partial charge in [0.1, 0.15) is 10.6 Å². The summed E-state index contributed by atoms with van der Waals surface area (Å²) in [7, 11) is -4.25. The Morgan fingerprint density at radius 2 is 1.38 bits per heavy atom. The van der Waals surface area contributed by atoms with Crippen molar-refractivity contribution in [2.24, 2.45) is 0 Å². The Morgan fingerprint density at radius 3 is 1.79 bits per heavy atom. The topological polar surface area (TPSA) is 118 Å². The van der Waals surface area contributed by atoms with Gasteiger partial charge in [-0.15, -0.1) is 0 Å². The first kappa shape index (κ1) is 17.5. The molecule has 0 aliphatic carbocycles. The minimum Gasteiger partial charge on any atom is -0.478 e. The Bertz CT molecular complexity index is 877. The first-order chi connectivity index (χ1) is 11.1. The first-order valence-corrected chi connectivity index (χ1v) is 8.15. The van der Waals surface area contributed by atoms with E-state index in [4.69, 9.17) is 14.4 Å². The predicted octanol–water partition coefficient (Wildman–Crippen LogP) is 2.47. The number of carboxylic acid groups (broad SMARTS) is 2. The van der Waals surface area contributed by atoms with Crippen LogP contribution in [0, 0.1) is 13.8 Å². The third kappa shape index (κ3) is 3.54. The largest absolute Gasteiger partial charge is 0.478 e. The predicted molar refractivity (Wildman–Crippen MR) is 84.1 cm³/mol. The van der Waals surface area contributed by atoms with Crippen molar-refractivity contribution < 1.29 is 32.4 Å². The minimum atomic E-state index is -4.25. The number of carboxylic acids is 2. The molecule has 0 unspecified atom stereocenters. The van der Waals surface area contributed by atoms with Crippen LogP contribution in [0.4, 0.5) is 0 Å². The van der Waals surface area contributed by atoms with E-state index in [9.17, 15) is 18.0 Å². The van der Waals surface area contributed by atoms with Crippen molar-refractivity contribution in [1.82, 2.24) is 0 Å². The Kier molecular flexibility index (Phi) is 4.61. The number of hydrogen-bond acceptors (Lipinski definition) is 5. The van der Waals surface area contributed by atoms with E-state index in [0.717, 1.165) is 18.2 Å². The fraction of sp³-hybridized carbons (Fsp3) is 0.125. The van der Waals surface area contributed by atoms with Crippen molar-refractivity contribution in [2.45, 2.75) is 18.7 Å². The molecule has 0 aliphatic rings. The highest BCUT2D eigenvalue weighted by Gasteiger charge is 2.23. The molecule has 0 spiro atoms. The fourth-order valence-electron chi connectivity index (χ4n) is 2.26. The average Bonchev–Trinajstić information content (AvgIpc) is 2.45. The van der Waals surface area contributed by atoms with Gasteiger partial charge in [-0.05, 0) is 43.2 Å². The van der Waals surface area contributed by atoms with Gasteiger partial charge < -0.3 is 14.4 Å². The fourth-order valence-corrected chi connectivity index (χ4v) is 3.61. The molecule has 0 radical (unpaired) electrons. The van der Waals surface area contributed by atoms with Crippen LogP contribution in [0.5, 0.6) is 5.75 Å². The van der Waals surface area contributed by atoms with Crippen LogP contribution in [0.3, 0.4) is 0 Å². The van der Waals surface area contributed by atoms with Crippen LogP contribution < -0.4 is 4.18 Å².